The molecule has 0 saturated heterocycles. The van der Waals surface area contributed by atoms with E-state index in [0.717, 1.165) is 0 Å². The zero-order valence-electron chi connectivity index (χ0n) is 3.70. The Bertz CT molecular complexity index is 142. The Labute approximate surface area is 42.0 Å². The van der Waals surface area contributed by atoms with E-state index in [4.69, 9.17) is 5.11 Å². The number of nitrogens with zero attached hydrogens (tertiary/aromatic N) is 1. The van der Waals surface area contributed by atoms with Gasteiger partial charge in [0.2, 0.25) is 0 Å². The van der Waals surface area contributed by atoms with Crippen molar-refractivity contribution in [3.63, 3.8) is 0 Å². The summed E-state index contributed by atoms with van der Waals surface area (Å²) >= 11 is 0. The Hall–Kier alpha value is -0.855. The summed E-state index contributed by atoms with van der Waals surface area (Å²) in [4.78, 5) is 3.63. The molecule has 1 rings (SSSR count). The molecule has 0 amide bonds. The van der Waals surface area contributed by atoms with Crippen LogP contribution in [-0.4, -0.2) is 17.0 Å². The predicted octanol–water partition coefficient (Wildman–Crippen LogP) is 0.125. The van der Waals surface area contributed by atoms with Crippen molar-refractivity contribution >= 4 is 6.91 Å². The van der Waals surface area contributed by atoms with E-state index >= 15 is 0 Å². The van der Waals surface area contributed by atoms with Crippen molar-refractivity contribution in [2.45, 2.75) is 0 Å². The molecule has 1 aromatic rings. The fraction of sp³-hybridized carbons (Fsp3) is 0. The van der Waals surface area contributed by atoms with E-state index in [1.807, 2.05) is 0 Å². The molecule has 0 aliphatic carbocycles. The van der Waals surface area contributed by atoms with Gasteiger partial charge in [-0.25, -0.2) is 0 Å². The van der Waals surface area contributed by atoms with Gasteiger partial charge in [0.05, 0.1) is 0 Å². The molecule has 0 aliphatic heterocycles. The van der Waals surface area contributed by atoms with Crippen LogP contribution in [0, 0.1) is 0 Å². The summed E-state index contributed by atoms with van der Waals surface area (Å²) in [5.41, 5.74) is 0.211. The summed E-state index contributed by atoms with van der Waals surface area (Å²) in [5, 5.41) is 8.57. The molecule has 34 valence electrons. The van der Waals surface area contributed by atoms with Crippen LogP contribution >= 0.6 is 0 Å². The van der Waals surface area contributed by atoms with Crippen molar-refractivity contribution in [2.24, 2.45) is 0 Å². The van der Waals surface area contributed by atoms with Crippen LogP contribution in [-0.2, 0) is 0 Å². The molecular formula is C4H4BNO. The second-order valence-electron chi connectivity index (χ2n) is 1.21. The maximum absolute atomic E-state index is 8.57. The second kappa shape index (κ2) is 1.73. The van der Waals surface area contributed by atoms with Crippen LogP contribution in [0.3, 0.4) is 0 Å². The average molecular weight is 92.9 g/mol. The van der Waals surface area contributed by atoms with Gasteiger partial charge in [0, 0.05) is 0 Å². The normalized spacial score (nSPS) is 8.00. The molecule has 0 radical (unpaired) electrons. The summed E-state index contributed by atoms with van der Waals surface area (Å²) in [6.07, 6.45) is 3.00. The zero-order valence-corrected chi connectivity index (χ0v) is 3.70. The Kier molecular flexibility index (Phi) is 1.07. The predicted molar refractivity (Wildman–Crippen MR) is 27.2 cm³/mol. The van der Waals surface area contributed by atoms with Gasteiger partial charge >= 0.3 is 41.0 Å². The number of aromatic nitrogens is 1. The summed E-state index contributed by atoms with van der Waals surface area (Å²) in [5.74, 6) is 1.68. The van der Waals surface area contributed by atoms with Crippen molar-refractivity contribution in [3.8, 4) is 5.64 Å². The van der Waals surface area contributed by atoms with Crippen LogP contribution in [0.4, 0.5) is 0 Å². The third-order valence-corrected chi connectivity index (χ3v) is 0.646. The molecule has 0 saturated carbocycles. The van der Waals surface area contributed by atoms with Gasteiger partial charge in [-0.2, -0.15) is 0 Å². The van der Waals surface area contributed by atoms with E-state index in [1.165, 1.54) is 6.20 Å². The monoisotopic (exact) mass is 93.0 g/mol. The first-order valence-electron chi connectivity index (χ1n) is 1.98. The molecule has 0 atom stereocenters. The minimum absolute atomic E-state index is 0.211. The van der Waals surface area contributed by atoms with Crippen LogP contribution in [0.2, 0.25) is 0 Å². The zero-order chi connectivity index (χ0) is 5.11. The first kappa shape index (κ1) is 4.31. The minimum atomic E-state index is 0.211. The third-order valence-electron chi connectivity index (χ3n) is 0.646. The Morgan fingerprint density at radius 2 is 2.57 bits per heavy atom. The van der Waals surface area contributed by atoms with Crippen molar-refractivity contribution in [1.29, 1.82) is 0 Å². The van der Waals surface area contributed by atoms with Crippen LogP contribution in [0.25, 0.3) is 0 Å². The molecule has 1 heterocycles. The van der Waals surface area contributed by atoms with E-state index in [0.29, 0.717) is 0 Å². The fourth-order valence-electron chi connectivity index (χ4n) is 0.354. The molecule has 0 spiro atoms. The SMILES string of the molecule is Oc1bccnc1. The van der Waals surface area contributed by atoms with E-state index < -0.39 is 0 Å². The molecule has 1 N–H and O–H groups in total. The van der Waals surface area contributed by atoms with Gasteiger partial charge in [0.25, 0.3) is 0 Å². The molecule has 7 heavy (non-hydrogen) atoms. The van der Waals surface area contributed by atoms with Gasteiger partial charge in [-0.15, -0.1) is 0 Å². The average Bonchev–Trinajstić information content (AvgIpc) is 1.69. The van der Waals surface area contributed by atoms with Crippen molar-refractivity contribution in [3.05, 3.63) is 18.4 Å². The van der Waals surface area contributed by atoms with Crippen LogP contribution in [0.5, 0.6) is 5.64 Å². The molecule has 0 aromatic carbocycles. The molecule has 2 nitrogen and oxygen atoms in total. The summed E-state index contributed by atoms with van der Waals surface area (Å²) in [6.45, 7) is 1.58. The van der Waals surface area contributed by atoms with E-state index in [9.17, 15) is 0 Å². The van der Waals surface area contributed by atoms with Gasteiger partial charge < -0.3 is 0 Å². The summed E-state index contributed by atoms with van der Waals surface area (Å²) in [6, 6.07) is 0. The molecule has 0 aliphatic rings. The van der Waals surface area contributed by atoms with Crippen LogP contribution in [0.15, 0.2) is 18.4 Å². The van der Waals surface area contributed by atoms with Gasteiger partial charge in [-0.05, 0) is 0 Å². The van der Waals surface area contributed by atoms with Gasteiger partial charge in [-0.3, -0.25) is 0 Å². The number of rotatable bonds is 0. The van der Waals surface area contributed by atoms with E-state index in [-0.39, 0.29) is 5.64 Å². The van der Waals surface area contributed by atoms with Gasteiger partial charge in [0.1, 0.15) is 0 Å². The molecular weight excluding hydrogens is 88.9 g/mol. The van der Waals surface area contributed by atoms with Gasteiger partial charge in [-0.1, -0.05) is 0 Å². The number of hydrogen-bond acceptors (Lipinski definition) is 2. The standard InChI is InChI=1S/C4H4BNO/c7-4-3-6-2-1-5-4/h1-3,7H. The number of aromatic hydroxyl groups is 1. The Morgan fingerprint density at radius 3 is 2.86 bits per heavy atom. The maximum atomic E-state index is 8.57. The molecule has 0 unspecified atom stereocenters. The Morgan fingerprint density at radius 1 is 1.71 bits per heavy atom. The second-order valence-corrected chi connectivity index (χ2v) is 1.21. The Balaban J connectivity index is 3.02. The van der Waals surface area contributed by atoms with Crippen molar-refractivity contribution in [1.82, 2.24) is 4.98 Å². The third kappa shape index (κ3) is 0.997. The topological polar surface area (TPSA) is 33.1 Å². The summed E-state index contributed by atoms with van der Waals surface area (Å²) in [7, 11) is 0. The first-order chi connectivity index (χ1) is 3.39. The molecule has 3 heteroatoms. The molecule has 0 fully saturated rings. The van der Waals surface area contributed by atoms with Gasteiger partial charge in [0.15, 0.2) is 0 Å². The molecule has 0 bridgehead atoms. The quantitative estimate of drug-likeness (QED) is 0.494. The summed E-state index contributed by atoms with van der Waals surface area (Å²) < 4.78 is 0. The van der Waals surface area contributed by atoms with Crippen LogP contribution < -0.4 is 0 Å². The first-order valence-corrected chi connectivity index (χ1v) is 1.98. The van der Waals surface area contributed by atoms with E-state index in [1.54, 1.807) is 19.1 Å². The van der Waals surface area contributed by atoms with Crippen LogP contribution in [0.1, 0.15) is 0 Å². The van der Waals surface area contributed by atoms with Crippen molar-refractivity contribution in [2.75, 3.05) is 0 Å². The number of hydrogen-bond donors (Lipinski definition) is 1. The molecule has 1 aromatic heterocycles. The van der Waals surface area contributed by atoms with Crippen molar-refractivity contribution < 1.29 is 5.11 Å². The van der Waals surface area contributed by atoms with E-state index in [2.05, 4.69) is 4.98 Å². The fourth-order valence-corrected chi connectivity index (χ4v) is 0.354.